The van der Waals surface area contributed by atoms with Gasteiger partial charge in [-0.2, -0.15) is 4.98 Å². The van der Waals surface area contributed by atoms with E-state index in [-0.39, 0.29) is 16.6 Å². The zero-order chi connectivity index (χ0) is 32.3. The summed E-state index contributed by atoms with van der Waals surface area (Å²) >= 11 is 6.55. The maximum Gasteiger partial charge on any atom is 0.234 e. The number of aryl methyl sites for hydroxylation is 1. The molecule has 0 atom stereocenters. The SMILES string of the molecule is CCc1cc(Nc2ncc(Cl)c(Nc3ccc4nccnc4c3N(C)S(=O)(=O)CC)n2)c(OC)cc1N1CCC(N(C)C)CC1. The Morgan fingerprint density at radius 2 is 1.76 bits per heavy atom. The van der Waals surface area contributed by atoms with E-state index in [1.807, 2.05) is 0 Å². The molecule has 0 bridgehead atoms. The van der Waals surface area contributed by atoms with E-state index in [0.29, 0.717) is 40.1 Å². The zero-order valence-electron chi connectivity index (χ0n) is 26.5. The Balaban J connectivity index is 1.46. The van der Waals surface area contributed by atoms with Crippen molar-refractivity contribution >= 4 is 67.2 Å². The first-order valence-electron chi connectivity index (χ1n) is 14.9. The maximum absolute atomic E-state index is 12.9. The molecule has 0 saturated carbocycles. The van der Waals surface area contributed by atoms with Crippen molar-refractivity contribution in [3.05, 3.63) is 53.4 Å². The predicted molar refractivity (Wildman–Crippen MR) is 182 cm³/mol. The van der Waals surface area contributed by atoms with Crippen LogP contribution in [0.15, 0.2) is 42.9 Å². The third kappa shape index (κ3) is 6.85. The highest BCUT2D eigenvalue weighted by molar-refractivity contribution is 7.92. The summed E-state index contributed by atoms with van der Waals surface area (Å²) in [6, 6.07) is 8.25. The summed E-state index contributed by atoms with van der Waals surface area (Å²) in [6.07, 6.45) is 7.64. The number of rotatable bonds is 11. The van der Waals surface area contributed by atoms with Crippen molar-refractivity contribution in [3.63, 3.8) is 0 Å². The number of nitrogens with one attached hydrogen (secondary N) is 2. The summed E-state index contributed by atoms with van der Waals surface area (Å²) in [4.78, 5) is 22.6. The van der Waals surface area contributed by atoms with Crippen LogP contribution < -0.4 is 24.6 Å². The van der Waals surface area contributed by atoms with Gasteiger partial charge in [0.1, 0.15) is 22.0 Å². The van der Waals surface area contributed by atoms with Crippen LogP contribution in [0.5, 0.6) is 5.75 Å². The molecule has 0 unspecified atom stereocenters. The Bertz CT molecular complexity index is 1780. The molecule has 240 valence electrons. The fourth-order valence-electron chi connectivity index (χ4n) is 5.62. The number of benzene rings is 2. The number of sulfonamides is 1. The Labute approximate surface area is 269 Å². The molecule has 1 aliphatic heterocycles. The second-order valence-corrected chi connectivity index (χ2v) is 13.8. The van der Waals surface area contributed by atoms with Crippen LogP contribution in [-0.2, 0) is 16.4 Å². The molecule has 1 aliphatic rings. The fourth-order valence-corrected chi connectivity index (χ4v) is 6.61. The molecule has 2 aromatic carbocycles. The van der Waals surface area contributed by atoms with Gasteiger partial charge >= 0.3 is 0 Å². The maximum atomic E-state index is 12.9. The first kappa shape index (κ1) is 32.5. The quantitative estimate of drug-likeness (QED) is 0.214. The van der Waals surface area contributed by atoms with Crippen molar-refractivity contribution in [1.29, 1.82) is 0 Å². The molecule has 1 saturated heterocycles. The molecule has 0 amide bonds. The van der Waals surface area contributed by atoms with Gasteiger partial charge in [0.25, 0.3) is 0 Å². The minimum Gasteiger partial charge on any atom is -0.494 e. The van der Waals surface area contributed by atoms with Crippen molar-refractivity contribution in [3.8, 4) is 5.75 Å². The molecule has 2 N–H and O–H groups in total. The number of ether oxygens (including phenoxy) is 1. The highest BCUT2D eigenvalue weighted by Crippen LogP contribution is 2.39. The van der Waals surface area contributed by atoms with E-state index in [9.17, 15) is 8.42 Å². The van der Waals surface area contributed by atoms with Gasteiger partial charge in [-0.15, -0.1) is 0 Å². The highest BCUT2D eigenvalue weighted by atomic mass is 35.5. The molecule has 0 spiro atoms. The minimum absolute atomic E-state index is 0.0867. The van der Waals surface area contributed by atoms with Crippen LogP contribution in [0.1, 0.15) is 32.3 Å². The molecule has 1 fully saturated rings. The van der Waals surface area contributed by atoms with Crippen molar-refractivity contribution in [1.82, 2.24) is 24.8 Å². The molecule has 45 heavy (non-hydrogen) atoms. The highest BCUT2D eigenvalue weighted by Gasteiger charge is 2.25. The largest absolute Gasteiger partial charge is 0.494 e. The van der Waals surface area contributed by atoms with Gasteiger partial charge in [0.2, 0.25) is 16.0 Å². The lowest BCUT2D eigenvalue weighted by Gasteiger charge is -2.37. The fraction of sp³-hybridized carbons (Fsp3) is 0.419. The molecule has 0 aliphatic carbocycles. The summed E-state index contributed by atoms with van der Waals surface area (Å²) in [5.41, 5.74) is 4.86. The number of hydrogen-bond donors (Lipinski definition) is 2. The van der Waals surface area contributed by atoms with Crippen molar-refractivity contribution in [2.45, 2.75) is 39.2 Å². The van der Waals surface area contributed by atoms with Crippen LogP contribution >= 0.6 is 11.6 Å². The summed E-state index contributed by atoms with van der Waals surface area (Å²) in [5.74, 6) is 1.16. The van der Waals surface area contributed by atoms with Crippen molar-refractivity contribution in [2.24, 2.45) is 0 Å². The second-order valence-electron chi connectivity index (χ2n) is 11.1. The molecule has 12 nitrogen and oxygen atoms in total. The van der Waals surface area contributed by atoms with Crippen LogP contribution in [0.2, 0.25) is 5.02 Å². The Morgan fingerprint density at radius 3 is 2.42 bits per heavy atom. The van der Waals surface area contributed by atoms with Gasteiger partial charge in [-0.1, -0.05) is 18.5 Å². The second kappa shape index (κ2) is 13.6. The third-order valence-corrected chi connectivity index (χ3v) is 10.3. The van der Waals surface area contributed by atoms with E-state index < -0.39 is 10.0 Å². The zero-order valence-corrected chi connectivity index (χ0v) is 28.1. The monoisotopic (exact) mass is 653 g/mol. The molecule has 2 aromatic heterocycles. The van der Waals surface area contributed by atoms with Crippen LogP contribution in [-0.4, -0.2) is 86.4 Å². The van der Waals surface area contributed by atoms with Crippen molar-refractivity contribution < 1.29 is 13.2 Å². The Hall–Kier alpha value is -3.94. The van der Waals surface area contributed by atoms with Gasteiger partial charge < -0.3 is 25.2 Å². The van der Waals surface area contributed by atoms with Gasteiger partial charge in [0.05, 0.1) is 36.0 Å². The lowest BCUT2D eigenvalue weighted by molar-refractivity contribution is 0.249. The molecule has 3 heterocycles. The van der Waals surface area contributed by atoms with Crippen LogP contribution in [0.4, 0.5) is 34.5 Å². The number of halogens is 1. The summed E-state index contributed by atoms with van der Waals surface area (Å²) in [5, 5.41) is 6.77. The summed E-state index contributed by atoms with van der Waals surface area (Å²) in [7, 11) is 3.81. The Morgan fingerprint density at radius 1 is 1.02 bits per heavy atom. The average Bonchev–Trinajstić information content (AvgIpc) is 3.05. The van der Waals surface area contributed by atoms with E-state index in [2.05, 4.69) is 73.5 Å². The topological polar surface area (TPSA) is 129 Å². The van der Waals surface area contributed by atoms with E-state index in [4.69, 9.17) is 16.3 Å². The number of methoxy groups -OCH3 is 1. The molecule has 5 rings (SSSR count). The van der Waals surface area contributed by atoms with E-state index in [0.717, 1.165) is 38.0 Å². The van der Waals surface area contributed by atoms with Crippen LogP contribution in [0.3, 0.4) is 0 Å². The number of nitrogens with zero attached hydrogens (tertiary/aromatic N) is 7. The average molecular weight is 654 g/mol. The molecular weight excluding hydrogens is 614 g/mol. The number of piperidine rings is 1. The predicted octanol–water partition coefficient (Wildman–Crippen LogP) is 5.45. The Kier molecular flexibility index (Phi) is 9.80. The smallest absolute Gasteiger partial charge is 0.234 e. The normalized spacial score (nSPS) is 14.2. The van der Waals surface area contributed by atoms with Gasteiger partial charge in [0.15, 0.2) is 5.82 Å². The minimum atomic E-state index is -3.62. The first-order valence-corrected chi connectivity index (χ1v) is 16.9. The van der Waals surface area contributed by atoms with Gasteiger partial charge in [-0.05, 0) is 64.0 Å². The number of fused-ring (bicyclic) bond motifs is 1. The van der Waals surface area contributed by atoms with E-state index in [1.54, 1.807) is 32.4 Å². The van der Waals surface area contributed by atoms with Gasteiger partial charge in [0, 0.05) is 50.3 Å². The van der Waals surface area contributed by atoms with Gasteiger partial charge in [-0.25, -0.2) is 13.4 Å². The molecule has 0 radical (unpaired) electrons. The first-order chi connectivity index (χ1) is 21.6. The lowest BCUT2D eigenvalue weighted by atomic mass is 10.0. The number of aromatic nitrogens is 4. The molecule has 14 heteroatoms. The third-order valence-electron chi connectivity index (χ3n) is 8.27. The standard InChI is InChI=1S/C31H40ClN9O3S/c1-7-20-17-25(27(44-6)18-26(20)41-15-11-21(12-16-41)39(3)4)37-31-35-19-22(32)30(38-31)36-24-10-9-23-28(34-14-13-33-23)29(24)40(5)45(42,43)8-2/h9-10,13-14,17-19,21H,7-8,11-12,15-16H2,1-6H3,(H2,35,36,37,38). The summed E-state index contributed by atoms with van der Waals surface area (Å²) < 4.78 is 32.9. The van der Waals surface area contributed by atoms with Crippen LogP contribution in [0.25, 0.3) is 11.0 Å². The lowest BCUT2D eigenvalue weighted by Crippen LogP contribution is -2.42. The van der Waals surface area contributed by atoms with E-state index in [1.165, 1.54) is 35.0 Å². The van der Waals surface area contributed by atoms with E-state index >= 15 is 0 Å². The molecule has 4 aromatic rings. The van der Waals surface area contributed by atoms with Crippen molar-refractivity contribution in [2.75, 3.05) is 66.9 Å². The van der Waals surface area contributed by atoms with Gasteiger partial charge in [-0.3, -0.25) is 14.3 Å². The van der Waals surface area contributed by atoms with Crippen LogP contribution in [0, 0.1) is 0 Å². The number of hydrogen-bond acceptors (Lipinski definition) is 11. The number of anilines is 6. The molecular formula is C31H40ClN9O3S. The summed E-state index contributed by atoms with van der Waals surface area (Å²) in [6.45, 7) is 5.70.